The summed E-state index contributed by atoms with van der Waals surface area (Å²) in [5.41, 5.74) is 0. The van der Waals surface area contributed by atoms with Gasteiger partial charge < -0.3 is 4.90 Å². The molecular weight excluding hydrogens is 254 g/mol. The fraction of sp³-hybridized carbons (Fsp3) is 0.833. The number of sulfone groups is 1. The van der Waals surface area contributed by atoms with Crippen LogP contribution in [0.1, 0.15) is 38.5 Å². The van der Waals surface area contributed by atoms with E-state index in [0.717, 1.165) is 19.3 Å². The second kappa shape index (κ2) is 5.38. The molecule has 1 saturated carbocycles. The van der Waals surface area contributed by atoms with Crippen LogP contribution in [0, 0.1) is 0 Å². The summed E-state index contributed by atoms with van der Waals surface area (Å²) in [6.45, 7) is 1.33. The third-order valence-corrected chi connectivity index (χ3v) is 5.81. The van der Waals surface area contributed by atoms with Crippen molar-refractivity contribution >= 4 is 21.5 Å². The van der Waals surface area contributed by atoms with E-state index in [4.69, 9.17) is 0 Å². The molecule has 18 heavy (non-hydrogen) atoms. The average Bonchev–Trinajstić information content (AvgIpc) is 2.77. The molecule has 1 aliphatic carbocycles. The van der Waals surface area contributed by atoms with E-state index in [9.17, 15) is 18.0 Å². The van der Waals surface area contributed by atoms with Crippen LogP contribution in [0.5, 0.6) is 0 Å². The van der Waals surface area contributed by atoms with E-state index in [2.05, 4.69) is 0 Å². The summed E-state index contributed by atoms with van der Waals surface area (Å²) in [7, 11) is -3.45. The fourth-order valence-electron chi connectivity index (χ4n) is 2.61. The smallest absolute Gasteiger partial charge is 0.237 e. The minimum Gasteiger partial charge on any atom is -0.342 e. The monoisotopic (exact) mass is 273 g/mol. The number of likely N-dealkylation sites (tertiary alicyclic amines) is 1. The topological polar surface area (TPSA) is 71.5 Å². The Morgan fingerprint density at radius 1 is 1.22 bits per heavy atom. The molecule has 102 valence electrons. The van der Waals surface area contributed by atoms with Gasteiger partial charge in [0.15, 0.2) is 9.84 Å². The molecule has 0 bridgehead atoms. The van der Waals surface area contributed by atoms with Crippen molar-refractivity contribution in [3.8, 4) is 0 Å². The largest absolute Gasteiger partial charge is 0.342 e. The molecule has 2 fully saturated rings. The first-order valence-electron chi connectivity index (χ1n) is 6.50. The fourth-order valence-corrected chi connectivity index (χ4v) is 4.29. The lowest BCUT2D eigenvalue weighted by Gasteiger charge is -2.27. The summed E-state index contributed by atoms with van der Waals surface area (Å²) in [5.74, 6) is -0.728. The molecule has 1 aliphatic heterocycles. The van der Waals surface area contributed by atoms with Gasteiger partial charge in [0, 0.05) is 25.9 Å². The van der Waals surface area contributed by atoms with E-state index in [1.54, 1.807) is 4.90 Å². The number of Topliss-reactive ketones (excluding diaryl/α,β-unsaturated/α-hetero) is 1. The maximum atomic E-state index is 12.0. The Morgan fingerprint density at radius 3 is 2.44 bits per heavy atom. The van der Waals surface area contributed by atoms with Gasteiger partial charge in [-0.15, -0.1) is 0 Å². The molecule has 1 unspecified atom stereocenters. The first-order valence-corrected chi connectivity index (χ1v) is 8.21. The Balaban J connectivity index is 1.95. The standard InChI is InChI=1S/C12H19NO4S/c14-10-4-5-11(8-10)18(16,17)9-12(15)13-6-2-1-3-7-13/h11H,1-9H2. The van der Waals surface area contributed by atoms with Crippen LogP contribution < -0.4 is 0 Å². The summed E-state index contributed by atoms with van der Waals surface area (Å²) in [6, 6.07) is 0. The highest BCUT2D eigenvalue weighted by molar-refractivity contribution is 7.92. The quantitative estimate of drug-likeness (QED) is 0.752. The normalized spacial score (nSPS) is 25.4. The van der Waals surface area contributed by atoms with Gasteiger partial charge in [0.05, 0.1) is 5.25 Å². The minimum atomic E-state index is -3.45. The first-order chi connectivity index (χ1) is 8.49. The van der Waals surface area contributed by atoms with Gasteiger partial charge in [-0.3, -0.25) is 9.59 Å². The van der Waals surface area contributed by atoms with E-state index >= 15 is 0 Å². The number of amides is 1. The number of ketones is 1. The van der Waals surface area contributed by atoms with Crippen LogP contribution in [0.15, 0.2) is 0 Å². The Labute approximate surface area is 107 Å². The van der Waals surface area contributed by atoms with Crippen LogP contribution in [0.25, 0.3) is 0 Å². The number of carbonyl (C=O) groups excluding carboxylic acids is 2. The van der Waals surface area contributed by atoms with E-state index < -0.39 is 20.8 Å². The van der Waals surface area contributed by atoms with Gasteiger partial charge >= 0.3 is 0 Å². The van der Waals surface area contributed by atoms with E-state index in [1.165, 1.54) is 0 Å². The highest BCUT2D eigenvalue weighted by atomic mass is 32.2. The maximum absolute atomic E-state index is 12.0. The minimum absolute atomic E-state index is 0.00556. The second-order valence-corrected chi connectivity index (χ2v) is 7.43. The van der Waals surface area contributed by atoms with Crippen molar-refractivity contribution in [2.75, 3.05) is 18.8 Å². The van der Waals surface area contributed by atoms with Gasteiger partial charge in [-0.25, -0.2) is 8.42 Å². The predicted octanol–water partition coefficient (Wildman–Crippen LogP) is 0.535. The van der Waals surface area contributed by atoms with E-state index in [0.29, 0.717) is 25.9 Å². The zero-order chi connectivity index (χ0) is 13.2. The van der Waals surface area contributed by atoms with Crippen molar-refractivity contribution in [2.24, 2.45) is 0 Å². The highest BCUT2D eigenvalue weighted by Gasteiger charge is 2.35. The van der Waals surface area contributed by atoms with Gasteiger partial charge in [-0.1, -0.05) is 0 Å². The number of hydrogen-bond acceptors (Lipinski definition) is 4. The highest BCUT2D eigenvalue weighted by Crippen LogP contribution is 2.23. The summed E-state index contributed by atoms with van der Waals surface area (Å²) in [5, 5.41) is -0.626. The van der Waals surface area contributed by atoms with Gasteiger partial charge in [-0.2, -0.15) is 0 Å². The molecule has 1 atom stereocenters. The molecule has 0 N–H and O–H groups in total. The van der Waals surface area contributed by atoms with Crippen molar-refractivity contribution < 1.29 is 18.0 Å². The summed E-state index contributed by atoms with van der Waals surface area (Å²) in [4.78, 5) is 24.7. The molecule has 0 aromatic carbocycles. The molecule has 1 amide bonds. The number of piperidine rings is 1. The van der Waals surface area contributed by atoms with Gasteiger partial charge in [-0.05, 0) is 25.7 Å². The zero-order valence-electron chi connectivity index (χ0n) is 10.4. The molecule has 0 spiro atoms. The van der Waals surface area contributed by atoms with Crippen molar-refractivity contribution in [2.45, 2.75) is 43.8 Å². The zero-order valence-corrected chi connectivity index (χ0v) is 11.2. The maximum Gasteiger partial charge on any atom is 0.237 e. The number of carbonyl (C=O) groups is 2. The first kappa shape index (κ1) is 13.5. The van der Waals surface area contributed by atoms with E-state index in [1.807, 2.05) is 0 Å². The van der Waals surface area contributed by atoms with Crippen LogP contribution >= 0.6 is 0 Å². The Hall–Kier alpha value is -0.910. The number of hydrogen-bond donors (Lipinski definition) is 0. The number of rotatable bonds is 3. The lowest BCUT2D eigenvalue weighted by Crippen LogP contribution is -2.40. The lowest BCUT2D eigenvalue weighted by atomic mass is 10.1. The summed E-state index contributed by atoms with van der Waals surface area (Å²) >= 11 is 0. The second-order valence-electron chi connectivity index (χ2n) is 5.15. The van der Waals surface area contributed by atoms with Crippen LogP contribution in [0.3, 0.4) is 0 Å². The molecule has 6 heteroatoms. The van der Waals surface area contributed by atoms with Crippen molar-refractivity contribution in [1.82, 2.24) is 4.90 Å². The average molecular weight is 273 g/mol. The molecule has 5 nitrogen and oxygen atoms in total. The lowest BCUT2D eigenvalue weighted by molar-refractivity contribution is -0.129. The SMILES string of the molecule is O=C1CCC(S(=O)(=O)CC(=O)N2CCCCC2)C1. The third kappa shape index (κ3) is 3.10. The van der Waals surface area contributed by atoms with Gasteiger partial charge in [0.1, 0.15) is 11.5 Å². The predicted molar refractivity (Wildman–Crippen MR) is 66.9 cm³/mol. The molecule has 2 rings (SSSR count). The molecule has 0 aromatic heterocycles. The van der Waals surface area contributed by atoms with Crippen molar-refractivity contribution in [1.29, 1.82) is 0 Å². The summed E-state index contributed by atoms with van der Waals surface area (Å²) in [6.07, 6.45) is 3.82. The third-order valence-electron chi connectivity index (χ3n) is 3.74. The molecule has 2 aliphatic rings. The summed E-state index contributed by atoms with van der Waals surface area (Å²) < 4.78 is 24.1. The molecular formula is C12H19NO4S. The van der Waals surface area contributed by atoms with Crippen LogP contribution in [-0.4, -0.2) is 49.1 Å². The van der Waals surface area contributed by atoms with Crippen LogP contribution in [0.4, 0.5) is 0 Å². The van der Waals surface area contributed by atoms with E-state index in [-0.39, 0.29) is 18.1 Å². The molecule has 1 heterocycles. The van der Waals surface area contributed by atoms with Crippen molar-refractivity contribution in [3.05, 3.63) is 0 Å². The van der Waals surface area contributed by atoms with Crippen LogP contribution in [-0.2, 0) is 19.4 Å². The van der Waals surface area contributed by atoms with Gasteiger partial charge in [0.2, 0.25) is 5.91 Å². The Morgan fingerprint density at radius 2 is 1.89 bits per heavy atom. The Bertz CT molecular complexity index is 437. The van der Waals surface area contributed by atoms with Gasteiger partial charge in [0.25, 0.3) is 0 Å². The van der Waals surface area contributed by atoms with Crippen LogP contribution in [0.2, 0.25) is 0 Å². The molecule has 1 saturated heterocycles. The Kier molecular flexibility index (Phi) is 4.04. The molecule has 0 aromatic rings. The number of nitrogens with zero attached hydrogens (tertiary/aromatic N) is 1. The molecule has 0 radical (unpaired) electrons. The van der Waals surface area contributed by atoms with Crippen molar-refractivity contribution in [3.63, 3.8) is 0 Å².